The predicted molar refractivity (Wildman–Crippen MR) is 74.3 cm³/mol. The molecule has 2 rings (SSSR count). The molecule has 0 aliphatic carbocycles. The van der Waals surface area contributed by atoms with Crippen LogP contribution < -0.4 is 0 Å². The van der Waals surface area contributed by atoms with Gasteiger partial charge in [-0.25, -0.2) is 0 Å². The third kappa shape index (κ3) is 3.69. The van der Waals surface area contributed by atoms with Gasteiger partial charge >= 0.3 is 0 Å². The van der Waals surface area contributed by atoms with Crippen LogP contribution in [-0.2, 0) is 0 Å². The van der Waals surface area contributed by atoms with Crippen LogP contribution in [0.1, 0.15) is 53.4 Å². The molecule has 2 aliphatic heterocycles. The van der Waals surface area contributed by atoms with Gasteiger partial charge in [-0.1, -0.05) is 27.2 Å². The van der Waals surface area contributed by atoms with E-state index in [1.54, 1.807) is 0 Å². The Kier molecular flexibility index (Phi) is 4.14. The molecule has 2 saturated heterocycles. The fourth-order valence-electron chi connectivity index (χ4n) is 3.20. The Morgan fingerprint density at radius 2 is 1.88 bits per heavy atom. The molecule has 100 valence electrons. The van der Waals surface area contributed by atoms with Gasteiger partial charge in [-0.2, -0.15) is 0 Å². The van der Waals surface area contributed by atoms with E-state index in [0.29, 0.717) is 5.41 Å². The number of hydrogen-bond acceptors (Lipinski definition) is 2. The van der Waals surface area contributed by atoms with E-state index >= 15 is 0 Å². The molecule has 17 heavy (non-hydrogen) atoms. The van der Waals surface area contributed by atoms with E-state index in [4.69, 9.17) is 0 Å². The van der Waals surface area contributed by atoms with Gasteiger partial charge in [-0.3, -0.25) is 9.80 Å². The van der Waals surface area contributed by atoms with Gasteiger partial charge in [0.1, 0.15) is 0 Å². The topological polar surface area (TPSA) is 6.48 Å². The zero-order chi connectivity index (χ0) is 12.5. The minimum Gasteiger partial charge on any atom is -0.298 e. The molecule has 2 atom stereocenters. The second-order valence-electron chi connectivity index (χ2n) is 7.30. The summed E-state index contributed by atoms with van der Waals surface area (Å²) < 4.78 is 0. The second-order valence-corrected chi connectivity index (χ2v) is 7.30. The highest BCUT2D eigenvalue weighted by molar-refractivity contribution is 4.89. The molecule has 2 heteroatoms. The van der Waals surface area contributed by atoms with Crippen LogP contribution in [0.25, 0.3) is 0 Å². The Morgan fingerprint density at radius 1 is 1.12 bits per heavy atom. The lowest BCUT2D eigenvalue weighted by atomic mass is 9.91. The summed E-state index contributed by atoms with van der Waals surface area (Å²) in [4.78, 5) is 5.47. The molecule has 0 aromatic carbocycles. The largest absolute Gasteiger partial charge is 0.298 e. The van der Waals surface area contributed by atoms with E-state index in [9.17, 15) is 0 Å². The van der Waals surface area contributed by atoms with E-state index in [-0.39, 0.29) is 0 Å². The number of fused-ring (bicyclic) bond motifs is 1. The normalized spacial score (nSPS) is 32.5. The quantitative estimate of drug-likeness (QED) is 0.730. The van der Waals surface area contributed by atoms with Crippen molar-refractivity contribution in [3.05, 3.63) is 0 Å². The summed E-state index contributed by atoms with van der Waals surface area (Å²) >= 11 is 0. The van der Waals surface area contributed by atoms with E-state index in [1.165, 1.54) is 51.9 Å². The SMILES string of the molecule is CC1CN2CCCCC2CN1CCC(C)(C)C. The van der Waals surface area contributed by atoms with Gasteiger partial charge < -0.3 is 0 Å². The summed E-state index contributed by atoms with van der Waals surface area (Å²) in [6.07, 6.45) is 5.62. The van der Waals surface area contributed by atoms with Crippen LogP contribution in [-0.4, -0.2) is 48.1 Å². The predicted octanol–water partition coefficient (Wildman–Crippen LogP) is 2.98. The van der Waals surface area contributed by atoms with Crippen molar-refractivity contribution >= 4 is 0 Å². The zero-order valence-electron chi connectivity index (χ0n) is 12.2. The highest BCUT2D eigenvalue weighted by atomic mass is 15.3. The molecule has 2 nitrogen and oxygen atoms in total. The van der Waals surface area contributed by atoms with Crippen molar-refractivity contribution in [2.24, 2.45) is 5.41 Å². The highest BCUT2D eigenvalue weighted by Crippen LogP contribution is 2.26. The lowest BCUT2D eigenvalue weighted by molar-refractivity contribution is 0.0108. The van der Waals surface area contributed by atoms with Crippen LogP contribution in [0.4, 0.5) is 0 Å². The summed E-state index contributed by atoms with van der Waals surface area (Å²) in [6, 6.07) is 1.62. The Bertz CT molecular complexity index is 244. The van der Waals surface area contributed by atoms with Gasteiger partial charge in [0.25, 0.3) is 0 Å². The first-order valence-electron chi connectivity index (χ1n) is 7.44. The zero-order valence-corrected chi connectivity index (χ0v) is 12.2. The van der Waals surface area contributed by atoms with Crippen molar-refractivity contribution in [2.75, 3.05) is 26.2 Å². The maximum absolute atomic E-state index is 2.74. The van der Waals surface area contributed by atoms with E-state index in [2.05, 4.69) is 37.5 Å². The van der Waals surface area contributed by atoms with Crippen molar-refractivity contribution in [3.8, 4) is 0 Å². The summed E-state index contributed by atoms with van der Waals surface area (Å²) in [5.74, 6) is 0. The van der Waals surface area contributed by atoms with E-state index < -0.39 is 0 Å². The molecule has 0 aromatic heterocycles. The molecule has 2 aliphatic rings. The minimum absolute atomic E-state index is 0.476. The number of rotatable bonds is 2. The molecule has 0 bridgehead atoms. The van der Waals surface area contributed by atoms with Crippen molar-refractivity contribution in [1.29, 1.82) is 0 Å². The monoisotopic (exact) mass is 238 g/mol. The highest BCUT2D eigenvalue weighted by Gasteiger charge is 2.32. The molecule has 0 saturated carbocycles. The Morgan fingerprint density at radius 3 is 2.59 bits per heavy atom. The summed E-state index contributed by atoms with van der Waals surface area (Å²) in [7, 11) is 0. The Balaban J connectivity index is 1.86. The van der Waals surface area contributed by atoms with Gasteiger partial charge in [0.05, 0.1) is 0 Å². The second kappa shape index (κ2) is 5.27. The fourth-order valence-corrected chi connectivity index (χ4v) is 3.20. The van der Waals surface area contributed by atoms with Gasteiger partial charge in [0, 0.05) is 25.2 Å². The van der Waals surface area contributed by atoms with Gasteiger partial charge in [0.2, 0.25) is 0 Å². The summed E-state index contributed by atoms with van der Waals surface area (Å²) in [5.41, 5.74) is 0.476. The number of piperidine rings is 1. The lowest BCUT2D eigenvalue weighted by Gasteiger charge is -2.48. The molecule has 0 N–H and O–H groups in total. The van der Waals surface area contributed by atoms with Crippen LogP contribution in [0.15, 0.2) is 0 Å². The standard InChI is InChI=1S/C15H30N2/c1-13-11-17-9-6-5-7-14(17)12-16(13)10-8-15(2,3)4/h13-14H,5-12H2,1-4H3. The van der Waals surface area contributed by atoms with E-state index in [1.807, 2.05) is 0 Å². The third-order valence-corrected chi connectivity index (χ3v) is 4.47. The van der Waals surface area contributed by atoms with Gasteiger partial charge in [-0.05, 0) is 44.7 Å². The van der Waals surface area contributed by atoms with Crippen LogP contribution >= 0.6 is 0 Å². The smallest absolute Gasteiger partial charge is 0.0223 e. The maximum Gasteiger partial charge on any atom is 0.0223 e. The number of piperazine rings is 1. The van der Waals surface area contributed by atoms with Gasteiger partial charge in [-0.15, -0.1) is 0 Å². The molecular formula is C15H30N2. The first-order valence-corrected chi connectivity index (χ1v) is 7.44. The van der Waals surface area contributed by atoms with Crippen LogP contribution in [0.2, 0.25) is 0 Å². The first-order chi connectivity index (χ1) is 7.96. The van der Waals surface area contributed by atoms with Crippen LogP contribution in [0, 0.1) is 5.41 Å². The van der Waals surface area contributed by atoms with Crippen molar-refractivity contribution < 1.29 is 0 Å². The van der Waals surface area contributed by atoms with E-state index in [0.717, 1.165) is 12.1 Å². The molecule has 0 amide bonds. The first kappa shape index (κ1) is 13.4. The van der Waals surface area contributed by atoms with Crippen molar-refractivity contribution in [2.45, 2.75) is 65.5 Å². The van der Waals surface area contributed by atoms with Crippen molar-refractivity contribution in [3.63, 3.8) is 0 Å². The summed E-state index contributed by atoms with van der Waals surface area (Å²) in [6.45, 7) is 14.7. The van der Waals surface area contributed by atoms with Crippen molar-refractivity contribution in [1.82, 2.24) is 9.80 Å². The maximum atomic E-state index is 2.74. The van der Waals surface area contributed by atoms with Gasteiger partial charge in [0.15, 0.2) is 0 Å². The van der Waals surface area contributed by atoms with Crippen LogP contribution in [0.5, 0.6) is 0 Å². The van der Waals surface area contributed by atoms with Crippen LogP contribution in [0.3, 0.4) is 0 Å². The summed E-state index contributed by atoms with van der Waals surface area (Å²) in [5, 5.41) is 0. The Labute approximate surface area is 107 Å². The molecular weight excluding hydrogens is 208 g/mol. The number of hydrogen-bond donors (Lipinski definition) is 0. The molecule has 2 heterocycles. The Hall–Kier alpha value is -0.0800. The fraction of sp³-hybridized carbons (Fsp3) is 1.00. The molecule has 0 radical (unpaired) electrons. The minimum atomic E-state index is 0.476. The average molecular weight is 238 g/mol. The molecule has 2 unspecified atom stereocenters. The third-order valence-electron chi connectivity index (χ3n) is 4.47. The average Bonchev–Trinajstić information content (AvgIpc) is 2.25. The molecule has 0 aromatic rings. The molecule has 0 spiro atoms. The lowest BCUT2D eigenvalue weighted by Crippen LogP contribution is -2.58. The number of nitrogens with zero attached hydrogens (tertiary/aromatic N) is 2. The molecule has 2 fully saturated rings.